The lowest BCUT2D eigenvalue weighted by Gasteiger charge is -2.16. The van der Waals surface area contributed by atoms with Gasteiger partial charge in [-0.3, -0.25) is 5.01 Å². The normalized spacial score (nSPS) is 17.1. The quantitative estimate of drug-likeness (QED) is 0.684. The Morgan fingerprint density at radius 1 is 0.696 bits per heavy atom. The van der Waals surface area contributed by atoms with Gasteiger partial charge in [-0.05, 0) is 23.3 Å². The van der Waals surface area contributed by atoms with Crippen molar-refractivity contribution >= 4 is 11.4 Å². The monoisotopic (exact) mass is 298 g/mol. The van der Waals surface area contributed by atoms with Gasteiger partial charge in [0.1, 0.15) is 0 Å². The highest BCUT2D eigenvalue weighted by atomic mass is 15.5. The standard InChI is InChI=1S/C21H18N2/c1-4-10-17(11-5-1)20-16-23(19-14-8-3-9-15-19)22-21(20)18-12-6-2-7-13-18/h1-15,20H,16H2/t20-/m1/s1. The Morgan fingerprint density at radius 3 is 1.91 bits per heavy atom. The summed E-state index contributed by atoms with van der Waals surface area (Å²) in [6, 6.07) is 31.5. The van der Waals surface area contributed by atoms with Crippen molar-refractivity contribution in [3.63, 3.8) is 0 Å². The summed E-state index contributed by atoms with van der Waals surface area (Å²) >= 11 is 0. The Hall–Kier alpha value is -2.87. The van der Waals surface area contributed by atoms with Crippen molar-refractivity contribution in [3.05, 3.63) is 102 Å². The van der Waals surface area contributed by atoms with E-state index in [1.165, 1.54) is 11.1 Å². The molecule has 0 bridgehead atoms. The summed E-state index contributed by atoms with van der Waals surface area (Å²) < 4.78 is 0. The molecule has 23 heavy (non-hydrogen) atoms. The highest BCUT2D eigenvalue weighted by Gasteiger charge is 2.29. The van der Waals surface area contributed by atoms with E-state index in [2.05, 4.69) is 83.9 Å². The first kappa shape index (κ1) is 13.8. The van der Waals surface area contributed by atoms with Gasteiger partial charge in [-0.2, -0.15) is 5.10 Å². The number of rotatable bonds is 3. The maximum absolute atomic E-state index is 4.94. The van der Waals surface area contributed by atoms with Gasteiger partial charge in [0.15, 0.2) is 0 Å². The Morgan fingerprint density at radius 2 is 1.26 bits per heavy atom. The van der Waals surface area contributed by atoms with Crippen molar-refractivity contribution in [2.45, 2.75) is 5.92 Å². The fourth-order valence-corrected chi connectivity index (χ4v) is 3.08. The molecule has 0 saturated carbocycles. The number of nitrogens with zero attached hydrogens (tertiary/aromatic N) is 2. The van der Waals surface area contributed by atoms with Gasteiger partial charge in [0.05, 0.1) is 17.9 Å². The molecule has 4 rings (SSSR count). The summed E-state index contributed by atoms with van der Waals surface area (Å²) in [5.41, 5.74) is 4.79. The second kappa shape index (κ2) is 6.09. The minimum atomic E-state index is 0.291. The number of hydrazone groups is 1. The molecule has 0 unspecified atom stereocenters. The molecule has 0 N–H and O–H groups in total. The van der Waals surface area contributed by atoms with Crippen LogP contribution in [0.5, 0.6) is 0 Å². The van der Waals surface area contributed by atoms with Crippen LogP contribution in [0.25, 0.3) is 0 Å². The van der Waals surface area contributed by atoms with E-state index in [4.69, 9.17) is 5.10 Å². The third-order valence-electron chi connectivity index (χ3n) is 4.24. The lowest BCUT2D eigenvalue weighted by molar-refractivity contribution is 0.851. The van der Waals surface area contributed by atoms with Crippen LogP contribution >= 0.6 is 0 Å². The van der Waals surface area contributed by atoms with Crippen LogP contribution in [0.1, 0.15) is 17.0 Å². The zero-order valence-electron chi connectivity index (χ0n) is 12.8. The summed E-state index contributed by atoms with van der Waals surface area (Å²) in [6.45, 7) is 0.873. The van der Waals surface area contributed by atoms with E-state index < -0.39 is 0 Å². The summed E-state index contributed by atoms with van der Waals surface area (Å²) in [5.74, 6) is 0.291. The molecule has 1 aliphatic heterocycles. The van der Waals surface area contributed by atoms with Crippen molar-refractivity contribution in [2.75, 3.05) is 11.6 Å². The minimum Gasteiger partial charge on any atom is -0.264 e. The van der Waals surface area contributed by atoms with Gasteiger partial charge in [-0.1, -0.05) is 78.9 Å². The molecule has 112 valence electrons. The van der Waals surface area contributed by atoms with E-state index in [1.54, 1.807) is 0 Å². The number of hydrogen-bond donors (Lipinski definition) is 0. The average Bonchev–Trinajstić information content (AvgIpc) is 3.09. The lowest BCUT2D eigenvalue weighted by atomic mass is 9.91. The maximum Gasteiger partial charge on any atom is 0.0775 e. The van der Waals surface area contributed by atoms with Crippen molar-refractivity contribution in [3.8, 4) is 0 Å². The van der Waals surface area contributed by atoms with E-state index in [0.29, 0.717) is 5.92 Å². The van der Waals surface area contributed by atoms with Crippen LogP contribution in [0.2, 0.25) is 0 Å². The molecule has 0 aromatic heterocycles. The minimum absolute atomic E-state index is 0.291. The number of anilines is 1. The first-order chi connectivity index (χ1) is 11.4. The molecule has 2 nitrogen and oxygen atoms in total. The lowest BCUT2D eigenvalue weighted by Crippen LogP contribution is -2.18. The van der Waals surface area contributed by atoms with Gasteiger partial charge in [-0.15, -0.1) is 0 Å². The topological polar surface area (TPSA) is 15.6 Å². The molecule has 3 aromatic rings. The molecule has 2 heteroatoms. The van der Waals surface area contributed by atoms with E-state index >= 15 is 0 Å². The molecule has 0 saturated heterocycles. The number of benzene rings is 3. The van der Waals surface area contributed by atoms with Crippen molar-refractivity contribution in [2.24, 2.45) is 5.10 Å². The Balaban J connectivity index is 1.76. The van der Waals surface area contributed by atoms with Gasteiger partial charge in [-0.25, -0.2) is 0 Å². The van der Waals surface area contributed by atoms with Gasteiger partial charge < -0.3 is 0 Å². The fourth-order valence-electron chi connectivity index (χ4n) is 3.08. The van der Waals surface area contributed by atoms with Gasteiger partial charge in [0.25, 0.3) is 0 Å². The van der Waals surface area contributed by atoms with E-state index in [0.717, 1.165) is 17.9 Å². The van der Waals surface area contributed by atoms with Crippen LogP contribution in [-0.4, -0.2) is 12.3 Å². The summed E-state index contributed by atoms with van der Waals surface area (Å²) in [4.78, 5) is 0. The number of hydrogen-bond acceptors (Lipinski definition) is 2. The van der Waals surface area contributed by atoms with E-state index in [9.17, 15) is 0 Å². The highest BCUT2D eigenvalue weighted by molar-refractivity contribution is 6.07. The average molecular weight is 298 g/mol. The zero-order valence-corrected chi connectivity index (χ0v) is 12.8. The molecular weight excluding hydrogens is 280 g/mol. The van der Waals surface area contributed by atoms with Crippen LogP contribution in [0.3, 0.4) is 0 Å². The summed E-state index contributed by atoms with van der Waals surface area (Å²) in [6.07, 6.45) is 0. The van der Waals surface area contributed by atoms with Crippen LogP contribution in [0, 0.1) is 0 Å². The number of para-hydroxylation sites is 1. The van der Waals surface area contributed by atoms with Crippen LogP contribution in [0.4, 0.5) is 5.69 Å². The van der Waals surface area contributed by atoms with Crippen LogP contribution in [0.15, 0.2) is 96.1 Å². The molecule has 1 aliphatic rings. The molecule has 3 aromatic carbocycles. The van der Waals surface area contributed by atoms with Crippen molar-refractivity contribution < 1.29 is 0 Å². The van der Waals surface area contributed by atoms with E-state index in [-0.39, 0.29) is 0 Å². The smallest absolute Gasteiger partial charge is 0.0775 e. The fraction of sp³-hybridized carbons (Fsp3) is 0.0952. The second-order valence-electron chi connectivity index (χ2n) is 5.73. The molecule has 0 radical (unpaired) electrons. The molecule has 1 heterocycles. The highest BCUT2D eigenvalue weighted by Crippen LogP contribution is 2.31. The Bertz CT molecular complexity index is 795. The predicted molar refractivity (Wildman–Crippen MR) is 96.0 cm³/mol. The van der Waals surface area contributed by atoms with Crippen LogP contribution in [-0.2, 0) is 0 Å². The van der Waals surface area contributed by atoms with Gasteiger partial charge >= 0.3 is 0 Å². The predicted octanol–water partition coefficient (Wildman–Crippen LogP) is 4.69. The zero-order chi connectivity index (χ0) is 15.5. The molecular formula is C21H18N2. The van der Waals surface area contributed by atoms with Crippen molar-refractivity contribution in [1.82, 2.24) is 0 Å². The molecule has 0 aliphatic carbocycles. The maximum atomic E-state index is 4.94. The first-order valence-corrected chi connectivity index (χ1v) is 7.93. The van der Waals surface area contributed by atoms with E-state index in [1.807, 2.05) is 12.1 Å². The largest absolute Gasteiger partial charge is 0.264 e. The third kappa shape index (κ3) is 2.76. The molecule has 1 atom stereocenters. The Kier molecular flexibility index (Phi) is 3.65. The molecule has 0 spiro atoms. The molecule has 0 amide bonds. The van der Waals surface area contributed by atoms with Gasteiger partial charge in [0, 0.05) is 5.92 Å². The Labute approximate surface area is 136 Å². The SMILES string of the molecule is c1ccc(C2=NN(c3ccccc3)C[C@@H]2c2ccccc2)cc1. The van der Waals surface area contributed by atoms with Crippen LogP contribution < -0.4 is 5.01 Å². The third-order valence-corrected chi connectivity index (χ3v) is 4.24. The summed E-state index contributed by atoms with van der Waals surface area (Å²) in [7, 11) is 0. The van der Waals surface area contributed by atoms with Crippen molar-refractivity contribution in [1.29, 1.82) is 0 Å². The summed E-state index contributed by atoms with van der Waals surface area (Å²) in [5, 5.41) is 7.05. The first-order valence-electron chi connectivity index (χ1n) is 7.93. The molecule has 0 fully saturated rings. The van der Waals surface area contributed by atoms with Gasteiger partial charge in [0.2, 0.25) is 0 Å². The second-order valence-corrected chi connectivity index (χ2v) is 5.73.